The molecule has 0 saturated carbocycles. The summed E-state index contributed by atoms with van der Waals surface area (Å²) in [5, 5.41) is 25.9. The van der Waals surface area contributed by atoms with E-state index in [0.717, 1.165) is 0 Å². The molecule has 13 heavy (non-hydrogen) atoms. The summed E-state index contributed by atoms with van der Waals surface area (Å²) in [4.78, 5) is 10.9. The van der Waals surface area contributed by atoms with Crippen molar-refractivity contribution in [3.05, 3.63) is 29.3 Å². The first-order chi connectivity index (χ1) is 6.19. The van der Waals surface area contributed by atoms with E-state index in [4.69, 9.17) is 15.6 Å². The quantitative estimate of drug-likeness (QED) is 0.428. The summed E-state index contributed by atoms with van der Waals surface area (Å²) < 4.78 is 0. The largest absolute Gasteiger partial charge is 0.507 e. The Balaban J connectivity index is 3.20. The Labute approximate surface area is 73.8 Å². The molecular weight excluding hydrogens is 172 g/mol. The molecule has 0 atom stereocenters. The summed E-state index contributed by atoms with van der Waals surface area (Å²) in [7, 11) is 0. The summed E-state index contributed by atoms with van der Waals surface area (Å²) in [6.07, 6.45) is 0. The third-order valence-corrected chi connectivity index (χ3v) is 1.47. The predicted octanol–water partition coefficient (Wildman–Crippen LogP) is 0.383. The molecule has 0 heterocycles. The summed E-state index contributed by atoms with van der Waals surface area (Å²) in [6.45, 7) is 0. The Morgan fingerprint density at radius 2 is 2.23 bits per heavy atom. The van der Waals surface area contributed by atoms with E-state index in [0.29, 0.717) is 0 Å². The molecule has 0 fully saturated rings. The number of hydrogen-bond acceptors (Lipinski definition) is 4. The van der Waals surface area contributed by atoms with Crippen molar-refractivity contribution in [1.82, 2.24) is 5.48 Å². The average Bonchev–Trinajstić information content (AvgIpc) is 2.17. The second kappa shape index (κ2) is 3.56. The maximum Gasteiger partial charge on any atom is 0.278 e. The number of nitriles is 1. The van der Waals surface area contributed by atoms with E-state index >= 15 is 0 Å². The number of hydroxylamine groups is 1. The van der Waals surface area contributed by atoms with Crippen LogP contribution >= 0.6 is 0 Å². The number of carbonyl (C=O) groups is 1. The molecule has 0 unspecified atom stereocenters. The fraction of sp³-hybridized carbons (Fsp3) is 0. The van der Waals surface area contributed by atoms with Crippen LogP contribution in [0.4, 0.5) is 0 Å². The Hall–Kier alpha value is -2.06. The molecule has 3 N–H and O–H groups in total. The lowest BCUT2D eigenvalue weighted by atomic mass is 10.1. The first kappa shape index (κ1) is 9.03. The van der Waals surface area contributed by atoms with E-state index in [1.165, 1.54) is 23.7 Å². The number of hydrogen-bond donors (Lipinski definition) is 3. The molecular formula is C8H6N2O3. The minimum atomic E-state index is -0.852. The van der Waals surface area contributed by atoms with Gasteiger partial charge in [0.2, 0.25) is 0 Å². The highest BCUT2D eigenvalue weighted by molar-refractivity contribution is 5.96. The Morgan fingerprint density at radius 3 is 2.77 bits per heavy atom. The first-order valence-electron chi connectivity index (χ1n) is 3.36. The van der Waals surface area contributed by atoms with E-state index in [2.05, 4.69) is 0 Å². The van der Waals surface area contributed by atoms with Crippen LogP contribution in [0.5, 0.6) is 5.75 Å². The van der Waals surface area contributed by atoms with Gasteiger partial charge >= 0.3 is 0 Å². The maximum atomic E-state index is 10.9. The highest BCUT2D eigenvalue weighted by atomic mass is 16.5. The van der Waals surface area contributed by atoms with Crippen molar-refractivity contribution in [2.75, 3.05) is 0 Å². The summed E-state index contributed by atoms with van der Waals surface area (Å²) in [6, 6.07) is 5.56. The number of aromatic hydroxyl groups is 1. The van der Waals surface area contributed by atoms with Gasteiger partial charge in [-0.2, -0.15) is 5.26 Å². The lowest BCUT2D eigenvalue weighted by Crippen LogP contribution is -2.18. The summed E-state index contributed by atoms with van der Waals surface area (Å²) in [5.41, 5.74) is 1.46. The van der Waals surface area contributed by atoms with Crippen molar-refractivity contribution in [2.45, 2.75) is 0 Å². The number of benzene rings is 1. The molecule has 5 nitrogen and oxygen atoms in total. The number of amides is 1. The highest BCUT2D eigenvalue weighted by Gasteiger charge is 2.10. The van der Waals surface area contributed by atoms with Gasteiger partial charge in [-0.05, 0) is 18.2 Å². The van der Waals surface area contributed by atoms with Gasteiger partial charge in [0.15, 0.2) is 0 Å². The average molecular weight is 178 g/mol. The topological polar surface area (TPSA) is 93.3 Å². The van der Waals surface area contributed by atoms with Crippen molar-refractivity contribution in [3.63, 3.8) is 0 Å². The highest BCUT2D eigenvalue weighted by Crippen LogP contribution is 2.17. The van der Waals surface area contributed by atoms with Crippen LogP contribution in [0.15, 0.2) is 18.2 Å². The molecule has 0 aliphatic rings. The van der Waals surface area contributed by atoms with Gasteiger partial charge in [-0.3, -0.25) is 10.0 Å². The lowest BCUT2D eigenvalue weighted by Gasteiger charge is -2.01. The van der Waals surface area contributed by atoms with Crippen molar-refractivity contribution in [2.24, 2.45) is 0 Å². The smallest absolute Gasteiger partial charge is 0.278 e. The molecule has 1 aromatic carbocycles. The van der Waals surface area contributed by atoms with Crippen molar-refractivity contribution in [1.29, 1.82) is 5.26 Å². The summed E-state index contributed by atoms with van der Waals surface area (Å²) >= 11 is 0. The molecule has 0 bridgehead atoms. The SMILES string of the molecule is N#Cc1ccc(O)c(C(=O)NO)c1. The number of carbonyl (C=O) groups excluding carboxylic acids is 1. The van der Waals surface area contributed by atoms with E-state index < -0.39 is 5.91 Å². The number of phenols is 1. The van der Waals surface area contributed by atoms with Crippen LogP contribution in [0, 0.1) is 11.3 Å². The Kier molecular flexibility index (Phi) is 2.47. The molecule has 0 saturated heterocycles. The Morgan fingerprint density at radius 1 is 1.54 bits per heavy atom. The van der Waals surface area contributed by atoms with Crippen molar-refractivity contribution in [3.8, 4) is 11.8 Å². The minimum Gasteiger partial charge on any atom is -0.507 e. The van der Waals surface area contributed by atoms with Gasteiger partial charge in [0.1, 0.15) is 5.75 Å². The third-order valence-electron chi connectivity index (χ3n) is 1.47. The molecule has 0 aromatic heterocycles. The van der Waals surface area contributed by atoms with E-state index in [-0.39, 0.29) is 16.9 Å². The summed E-state index contributed by atoms with van der Waals surface area (Å²) in [5.74, 6) is -1.14. The van der Waals surface area contributed by atoms with Crippen LogP contribution in [-0.2, 0) is 0 Å². The standard InChI is InChI=1S/C8H6N2O3/c9-4-5-1-2-7(11)6(3-5)8(12)10-13/h1-3,11,13H,(H,10,12). The minimum absolute atomic E-state index is 0.137. The van der Waals surface area contributed by atoms with Gasteiger partial charge in [-0.25, -0.2) is 5.48 Å². The number of nitrogens with one attached hydrogen (secondary N) is 1. The van der Waals surface area contributed by atoms with Gasteiger partial charge in [0.25, 0.3) is 5.91 Å². The van der Waals surface area contributed by atoms with Gasteiger partial charge in [-0.15, -0.1) is 0 Å². The van der Waals surface area contributed by atoms with E-state index in [1.54, 1.807) is 6.07 Å². The monoisotopic (exact) mass is 178 g/mol. The van der Waals surface area contributed by atoms with Crippen LogP contribution in [0.1, 0.15) is 15.9 Å². The second-order valence-electron chi connectivity index (χ2n) is 2.28. The van der Waals surface area contributed by atoms with E-state index in [9.17, 15) is 4.79 Å². The van der Waals surface area contributed by atoms with Gasteiger partial charge in [0.05, 0.1) is 17.2 Å². The van der Waals surface area contributed by atoms with Gasteiger partial charge in [0, 0.05) is 0 Å². The fourth-order valence-electron chi connectivity index (χ4n) is 0.848. The maximum absolute atomic E-state index is 10.9. The van der Waals surface area contributed by atoms with Crippen LogP contribution < -0.4 is 5.48 Å². The molecule has 5 heteroatoms. The molecule has 0 aliphatic carbocycles. The predicted molar refractivity (Wildman–Crippen MR) is 42.1 cm³/mol. The molecule has 1 rings (SSSR count). The van der Waals surface area contributed by atoms with E-state index in [1.807, 2.05) is 0 Å². The van der Waals surface area contributed by atoms with Crippen molar-refractivity contribution >= 4 is 5.91 Å². The molecule has 1 aromatic rings. The van der Waals surface area contributed by atoms with Crippen LogP contribution in [0.25, 0.3) is 0 Å². The number of nitrogens with zero attached hydrogens (tertiary/aromatic N) is 1. The molecule has 66 valence electrons. The second-order valence-corrected chi connectivity index (χ2v) is 2.28. The molecule has 1 amide bonds. The van der Waals surface area contributed by atoms with Crippen LogP contribution in [0.3, 0.4) is 0 Å². The first-order valence-corrected chi connectivity index (χ1v) is 3.36. The molecule has 0 radical (unpaired) electrons. The van der Waals surface area contributed by atoms with Crippen LogP contribution in [0.2, 0.25) is 0 Å². The zero-order chi connectivity index (χ0) is 9.84. The molecule has 0 spiro atoms. The van der Waals surface area contributed by atoms with Crippen LogP contribution in [-0.4, -0.2) is 16.2 Å². The van der Waals surface area contributed by atoms with Gasteiger partial charge in [-0.1, -0.05) is 0 Å². The zero-order valence-electron chi connectivity index (χ0n) is 6.48. The third kappa shape index (κ3) is 1.75. The lowest BCUT2D eigenvalue weighted by molar-refractivity contribution is 0.0703. The normalized spacial score (nSPS) is 8.92. The fourth-order valence-corrected chi connectivity index (χ4v) is 0.848. The van der Waals surface area contributed by atoms with Crippen molar-refractivity contribution < 1.29 is 15.1 Å². The number of phenolic OH excluding ortho intramolecular Hbond substituents is 1. The number of rotatable bonds is 1. The zero-order valence-corrected chi connectivity index (χ0v) is 6.48. The molecule has 0 aliphatic heterocycles. The Bertz CT molecular complexity index is 381. The van der Waals surface area contributed by atoms with Gasteiger partial charge < -0.3 is 5.11 Å².